The van der Waals surface area contributed by atoms with Gasteiger partial charge in [0.2, 0.25) is 0 Å². The van der Waals surface area contributed by atoms with Crippen molar-refractivity contribution in [2.75, 3.05) is 11.9 Å². The zero-order valence-corrected chi connectivity index (χ0v) is 12.1. The molecule has 5 nitrogen and oxygen atoms in total. The van der Waals surface area contributed by atoms with Gasteiger partial charge in [-0.15, -0.1) is 0 Å². The molecule has 2 aromatic rings. The van der Waals surface area contributed by atoms with E-state index in [1.54, 1.807) is 12.1 Å². The SMILES string of the molecule is CC(C)c1noc(NCc2cccc(OCC(F)(F)F)c2)n1. The Morgan fingerprint density at radius 3 is 2.73 bits per heavy atom. The number of halogens is 3. The molecule has 0 fully saturated rings. The Morgan fingerprint density at radius 2 is 2.09 bits per heavy atom. The molecule has 8 heteroatoms. The molecule has 0 radical (unpaired) electrons. The molecule has 120 valence electrons. The molecular formula is C14H16F3N3O2. The first-order chi connectivity index (χ1) is 10.3. The van der Waals surface area contributed by atoms with Gasteiger partial charge in [0.25, 0.3) is 0 Å². The van der Waals surface area contributed by atoms with Gasteiger partial charge in [0.05, 0.1) is 0 Å². The summed E-state index contributed by atoms with van der Waals surface area (Å²) in [5.74, 6) is 0.896. The standard InChI is InChI=1S/C14H16F3N3O2/c1-9(2)12-19-13(22-20-12)18-7-10-4-3-5-11(6-10)21-8-14(15,16)17/h3-6,9H,7-8H2,1-2H3,(H,18,19,20). The summed E-state index contributed by atoms with van der Waals surface area (Å²) in [6.45, 7) is 2.90. The fourth-order valence-corrected chi connectivity index (χ4v) is 1.63. The highest BCUT2D eigenvalue weighted by Crippen LogP contribution is 2.20. The Morgan fingerprint density at radius 1 is 1.32 bits per heavy atom. The van der Waals surface area contributed by atoms with Crippen LogP contribution in [0.15, 0.2) is 28.8 Å². The lowest BCUT2D eigenvalue weighted by atomic mass is 10.2. The summed E-state index contributed by atoms with van der Waals surface area (Å²) < 4.78 is 46.1. The van der Waals surface area contributed by atoms with E-state index < -0.39 is 12.8 Å². The molecule has 1 N–H and O–H groups in total. The molecule has 0 aliphatic heterocycles. The van der Waals surface area contributed by atoms with E-state index in [0.717, 1.165) is 5.56 Å². The van der Waals surface area contributed by atoms with Crippen molar-refractivity contribution in [3.05, 3.63) is 35.7 Å². The van der Waals surface area contributed by atoms with E-state index in [-0.39, 0.29) is 17.7 Å². The molecular weight excluding hydrogens is 299 g/mol. The second kappa shape index (κ2) is 6.67. The van der Waals surface area contributed by atoms with Gasteiger partial charge in [-0.05, 0) is 17.7 Å². The minimum absolute atomic E-state index is 0.151. The summed E-state index contributed by atoms with van der Waals surface area (Å²) in [6.07, 6.45) is -4.36. The Bertz CT molecular complexity index is 611. The van der Waals surface area contributed by atoms with Crippen molar-refractivity contribution in [2.45, 2.75) is 32.5 Å². The number of hydrogen-bond acceptors (Lipinski definition) is 5. The van der Waals surface area contributed by atoms with Crippen LogP contribution in [0, 0.1) is 0 Å². The summed E-state index contributed by atoms with van der Waals surface area (Å²) in [4.78, 5) is 4.15. The summed E-state index contributed by atoms with van der Waals surface area (Å²) in [5, 5.41) is 6.72. The molecule has 2 rings (SSSR count). The largest absolute Gasteiger partial charge is 0.484 e. The van der Waals surface area contributed by atoms with Gasteiger partial charge in [-0.2, -0.15) is 18.2 Å². The first-order valence-electron chi connectivity index (χ1n) is 6.69. The van der Waals surface area contributed by atoms with Crippen LogP contribution in [0.3, 0.4) is 0 Å². The molecule has 0 amide bonds. The summed E-state index contributed by atoms with van der Waals surface area (Å²) in [6, 6.07) is 6.64. The summed E-state index contributed by atoms with van der Waals surface area (Å²) in [7, 11) is 0. The highest BCUT2D eigenvalue weighted by atomic mass is 19.4. The van der Waals surface area contributed by atoms with Crippen molar-refractivity contribution in [3.63, 3.8) is 0 Å². The molecule has 0 saturated carbocycles. The second-order valence-electron chi connectivity index (χ2n) is 5.02. The molecule has 0 atom stereocenters. The first kappa shape index (κ1) is 16.1. The van der Waals surface area contributed by atoms with Crippen LogP contribution in [0.25, 0.3) is 0 Å². The van der Waals surface area contributed by atoms with Crippen molar-refractivity contribution in [1.82, 2.24) is 10.1 Å². The van der Waals surface area contributed by atoms with Crippen LogP contribution < -0.4 is 10.1 Å². The third-order valence-corrected chi connectivity index (χ3v) is 2.70. The lowest BCUT2D eigenvalue weighted by Gasteiger charge is -2.10. The Hall–Kier alpha value is -2.25. The van der Waals surface area contributed by atoms with Crippen LogP contribution >= 0.6 is 0 Å². The summed E-state index contributed by atoms with van der Waals surface area (Å²) in [5.41, 5.74) is 0.740. The number of nitrogens with zero attached hydrogens (tertiary/aromatic N) is 2. The van der Waals surface area contributed by atoms with E-state index in [2.05, 4.69) is 15.5 Å². The number of rotatable bonds is 6. The average Bonchev–Trinajstić information content (AvgIpc) is 2.92. The minimum Gasteiger partial charge on any atom is -0.484 e. The van der Waals surface area contributed by atoms with Gasteiger partial charge in [0.1, 0.15) is 5.75 Å². The molecule has 1 aromatic carbocycles. The molecule has 1 heterocycles. The number of aromatic nitrogens is 2. The van der Waals surface area contributed by atoms with Gasteiger partial charge < -0.3 is 14.6 Å². The Kier molecular flexibility index (Phi) is 4.89. The maximum atomic E-state index is 12.1. The second-order valence-corrected chi connectivity index (χ2v) is 5.02. The number of nitrogens with one attached hydrogen (secondary N) is 1. The fraction of sp³-hybridized carbons (Fsp3) is 0.429. The van der Waals surface area contributed by atoms with Gasteiger partial charge in [-0.3, -0.25) is 0 Å². The van der Waals surface area contributed by atoms with Gasteiger partial charge in [-0.1, -0.05) is 31.1 Å². The topological polar surface area (TPSA) is 60.2 Å². The van der Waals surface area contributed by atoms with Gasteiger partial charge in [0, 0.05) is 12.5 Å². The van der Waals surface area contributed by atoms with E-state index in [4.69, 9.17) is 9.26 Å². The summed E-state index contributed by atoms with van der Waals surface area (Å²) >= 11 is 0. The number of benzene rings is 1. The van der Waals surface area contributed by atoms with Crippen LogP contribution in [0.1, 0.15) is 31.2 Å². The van der Waals surface area contributed by atoms with Crippen molar-refractivity contribution in [3.8, 4) is 5.75 Å². The maximum absolute atomic E-state index is 12.1. The van der Waals surface area contributed by atoms with E-state index in [0.29, 0.717) is 12.4 Å². The highest BCUT2D eigenvalue weighted by molar-refractivity contribution is 5.31. The van der Waals surface area contributed by atoms with E-state index >= 15 is 0 Å². The first-order valence-corrected chi connectivity index (χ1v) is 6.69. The predicted octanol–water partition coefficient (Wildman–Crippen LogP) is 3.75. The number of alkyl halides is 3. The van der Waals surface area contributed by atoms with Crippen molar-refractivity contribution in [2.24, 2.45) is 0 Å². The molecule has 0 aliphatic carbocycles. The molecule has 0 saturated heterocycles. The van der Waals surface area contributed by atoms with E-state index in [1.807, 2.05) is 13.8 Å². The van der Waals surface area contributed by atoms with E-state index in [9.17, 15) is 13.2 Å². The van der Waals surface area contributed by atoms with Gasteiger partial charge >= 0.3 is 12.2 Å². The Labute approximate surface area is 125 Å². The number of ether oxygens (including phenoxy) is 1. The zero-order valence-electron chi connectivity index (χ0n) is 12.1. The molecule has 1 aromatic heterocycles. The minimum atomic E-state index is -4.36. The lowest BCUT2D eigenvalue weighted by Crippen LogP contribution is -2.19. The van der Waals surface area contributed by atoms with Crippen molar-refractivity contribution in [1.29, 1.82) is 0 Å². The van der Waals surface area contributed by atoms with Gasteiger partial charge in [0.15, 0.2) is 12.4 Å². The number of hydrogen-bond donors (Lipinski definition) is 1. The monoisotopic (exact) mass is 315 g/mol. The fourth-order valence-electron chi connectivity index (χ4n) is 1.63. The molecule has 0 spiro atoms. The zero-order chi connectivity index (χ0) is 16.2. The quantitative estimate of drug-likeness (QED) is 0.880. The van der Waals surface area contributed by atoms with Crippen molar-refractivity contribution < 1.29 is 22.4 Å². The maximum Gasteiger partial charge on any atom is 0.422 e. The van der Waals surface area contributed by atoms with E-state index in [1.165, 1.54) is 12.1 Å². The Balaban J connectivity index is 1.92. The number of anilines is 1. The highest BCUT2D eigenvalue weighted by Gasteiger charge is 2.28. The lowest BCUT2D eigenvalue weighted by molar-refractivity contribution is -0.153. The van der Waals surface area contributed by atoms with Crippen LogP contribution in [0.5, 0.6) is 5.75 Å². The molecule has 0 aliphatic rings. The molecule has 22 heavy (non-hydrogen) atoms. The smallest absolute Gasteiger partial charge is 0.422 e. The van der Waals surface area contributed by atoms with Crippen LogP contribution in [0.2, 0.25) is 0 Å². The van der Waals surface area contributed by atoms with Crippen LogP contribution in [-0.2, 0) is 6.54 Å². The van der Waals surface area contributed by atoms with Crippen LogP contribution in [0.4, 0.5) is 19.2 Å². The van der Waals surface area contributed by atoms with Crippen molar-refractivity contribution >= 4 is 6.01 Å². The predicted molar refractivity (Wildman–Crippen MR) is 73.7 cm³/mol. The normalized spacial score (nSPS) is 11.7. The van der Waals surface area contributed by atoms with Crippen LogP contribution in [-0.4, -0.2) is 22.9 Å². The molecule has 0 bridgehead atoms. The van der Waals surface area contributed by atoms with Gasteiger partial charge in [-0.25, -0.2) is 0 Å². The third-order valence-electron chi connectivity index (χ3n) is 2.70. The third kappa shape index (κ3) is 4.94. The average molecular weight is 315 g/mol. The molecule has 0 unspecified atom stereocenters.